The number of hydrogen-bond acceptors (Lipinski definition) is 1. The normalized spacial score (nSPS) is 13.1. The van der Waals surface area contributed by atoms with Crippen LogP contribution in [0, 0.1) is 0 Å². The summed E-state index contributed by atoms with van der Waals surface area (Å²) in [6.45, 7) is 14.3. The number of benzene rings is 1. The second-order valence-electron chi connectivity index (χ2n) is 6.56. The lowest BCUT2D eigenvalue weighted by molar-refractivity contribution is 0.590. The van der Waals surface area contributed by atoms with Crippen molar-refractivity contribution in [1.29, 1.82) is 0 Å². The van der Waals surface area contributed by atoms with Crippen LogP contribution >= 0.6 is 0 Å². The largest absolute Gasteiger partial charge is 0.311 e. The van der Waals surface area contributed by atoms with Gasteiger partial charge in [0.1, 0.15) is 0 Å². The Morgan fingerprint density at radius 2 is 1.74 bits per heavy atom. The molecule has 0 aromatic heterocycles. The predicted octanol–water partition coefficient (Wildman–Crippen LogP) is 4.78. The zero-order valence-electron chi connectivity index (χ0n) is 13.4. The van der Waals surface area contributed by atoms with Crippen molar-refractivity contribution in [2.75, 3.05) is 6.54 Å². The minimum Gasteiger partial charge on any atom is -0.311 e. The molecule has 0 unspecified atom stereocenters. The van der Waals surface area contributed by atoms with Crippen LogP contribution in [0.25, 0.3) is 6.08 Å². The molecular weight excluding hydrogens is 230 g/mol. The first-order chi connectivity index (χ1) is 8.82. The van der Waals surface area contributed by atoms with Gasteiger partial charge in [-0.3, -0.25) is 0 Å². The molecule has 0 saturated heterocycles. The fourth-order valence-corrected chi connectivity index (χ4v) is 1.93. The monoisotopic (exact) mass is 259 g/mol. The van der Waals surface area contributed by atoms with Gasteiger partial charge in [-0.1, -0.05) is 77.5 Å². The maximum Gasteiger partial charge on any atom is 0.0170 e. The summed E-state index contributed by atoms with van der Waals surface area (Å²) in [5.74, 6) is 0. The quantitative estimate of drug-likeness (QED) is 0.802. The van der Waals surface area contributed by atoms with E-state index in [0.29, 0.717) is 6.04 Å². The van der Waals surface area contributed by atoms with Gasteiger partial charge in [0.2, 0.25) is 0 Å². The number of hydrogen-bond donors (Lipinski definition) is 1. The lowest BCUT2D eigenvalue weighted by atomic mass is 9.86. The molecule has 0 atom stereocenters. The summed E-state index contributed by atoms with van der Waals surface area (Å²) in [5.41, 5.74) is 4.38. The second-order valence-corrected chi connectivity index (χ2v) is 6.56. The third-order valence-corrected chi connectivity index (χ3v) is 3.34. The molecule has 0 heterocycles. The van der Waals surface area contributed by atoms with Crippen LogP contribution in [0.4, 0.5) is 0 Å². The molecule has 1 N–H and O–H groups in total. The second kappa shape index (κ2) is 6.91. The van der Waals surface area contributed by atoms with E-state index in [1.807, 2.05) is 0 Å². The summed E-state index contributed by atoms with van der Waals surface area (Å²) in [5, 5.41) is 3.48. The molecule has 0 amide bonds. The van der Waals surface area contributed by atoms with E-state index in [-0.39, 0.29) is 5.41 Å². The summed E-state index contributed by atoms with van der Waals surface area (Å²) in [4.78, 5) is 0. The predicted molar refractivity (Wildman–Crippen MR) is 86.5 cm³/mol. The average Bonchev–Trinajstić information content (AvgIpc) is 2.33. The molecule has 0 spiro atoms. The minimum atomic E-state index is 0.231. The highest BCUT2D eigenvalue weighted by molar-refractivity contribution is 5.54. The van der Waals surface area contributed by atoms with E-state index in [9.17, 15) is 0 Å². The fourth-order valence-electron chi connectivity index (χ4n) is 1.93. The van der Waals surface area contributed by atoms with Crippen molar-refractivity contribution in [3.63, 3.8) is 0 Å². The van der Waals surface area contributed by atoms with Crippen LogP contribution in [-0.2, 0) is 5.41 Å². The van der Waals surface area contributed by atoms with Crippen molar-refractivity contribution in [3.05, 3.63) is 41.0 Å². The SMILES string of the molecule is CCC(=Cc1ccc(C(C)(C)C)cc1)CNC(C)C. The highest BCUT2D eigenvalue weighted by atomic mass is 14.9. The van der Waals surface area contributed by atoms with Crippen LogP contribution in [0.15, 0.2) is 29.8 Å². The van der Waals surface area contributed by atoms with Crippen LogP contribution in [0.3, 0.4) is 0 Å². The molecule has 0 bridgehead atoms. The molecule has 0 saturated carbocycles. The van der Waals surface area contributed by atoms with Gasteiger partial charge in [0.25, 0.3) is 0 Å². The highest BCUT2D eigenvalue weighted by Gasteiger charge is 2.12. The van der Waals surface area contributed by atoms with Gasteiger partial charge in [-0.2, -0.15) is 0 Å². The molecule has 0 aliphatic rings. The molecular formula is C18H29N. The van der Waals surface area contributed by atoms with Crippen LogP contribution in [0.1, 0.15) is 59.1 Å². The molecule has 19 heavy (non-hydrogen) atoms. The lowest BCUT2D eigenvalue weighted by Gasteiger charge is -2.19. The Labute approximate surface area is 119 Å². The zero-order valence-corrected chi connectivity index (χ0v) is 13.4. The van der Waals surface area contributed by atoms with Crippen molar-refractivity contribution < 1.29 is 0 Å². The first-order valence-electron chi connectivity index (χ1n) is 7.36. The maximum absolute atomic E-state index is 3.48. The minimum absolute atomic E-state index is 0.231. The van der Waals surface area contributed by atoms with Gasteiger partial charge in [-0.15, -0.1) is 0 Å². The third kappa shape index (κ3) is 5.61. The topological polar surface area (TPSA) is 12.0 Å². The van der Waals surface area contributed by atoms with Gasteiger partial charge < -0.3 is 5.32 Å². The molecule has 1 aromatic carbocycles. The van der Waals surface area contributed by atoms with Crippen molar-refractivity contribution in [2.24, 2.45) is 0 Å². The first-order valence-corrected chi connectivity index (χ1v) is 7.36. The van der Waals surface area contributed by atoms with Crippen LogP contribution in [0.5, 0.6) is 0 Å². The van der Waals surface area contributed by atoms with Gasteiger partial charge >= 0.3 is 0 Å². The van der Waals surface area contributed by atoms with Crippen molar-refractivity contribution in [2.45, 2.75) is 59.4 Å². The summed E-state index contributed by atoms with van der Waals surface area (Å²) in [6.07, 6.45) is 3.41. The number of rotatable bonds is 5. The van der Waals surface area contributed by atoms with E-state index >= 15 is 0 Å². The lowest BCUT2D eigenvalue weighted by Crippen LogP contribution is -2.24. The molecule has 1 aromatic rings. The molecule has 0 fully saturated rings. The van der Waals surface area contributed by atoms with E-state index < -0.39 is 0 Å². The van der Waals surface area contributed by atoms with E-state index in [0.717, 1.165) is 13.0 Å². The maximum atomic E-state index is 3.48. The van der Waals surface area contributed by atoms with Gasteiger partial charge in [0.05, 0.1) is 0 Å². The summed E-state index contributed by atoms with van der Waals surface area (Å²) >= 11 is 0. The Bertz CT molecular complexity index is 404. The van der Waals surface area contributed by atoms with E-state index in [2.05, 4.69) is 77.2 Å². The first kappa shape index (κ1) is 16.0. The zero-order chi connectivity index (χ0) is 14.5. The van der Waals surface area contributed by atoms with E-state index in [1.54, 1.807) is 0 Å². The molecule has 1 heteroatoms. The van der Waals surface area contributed by atoms with Crippen molar-refractivity contribution >= 4 is 6.08 Å². The summed E-state index contributed by atoms with van der Waals surface area (Å²) in [7, 11) is 0. The molecule has 1 rings (SSSR count). The molecule has 0 radical (unpaired) electrons. The summed E-state index contributed by atoms with van der Waals surface area (Å²) < 4.78 is 0. The Morgan fingerprint density at radius 3 is 2.16 bits per heavy atom. The smallest absolute Gasteiger partial charge is 0.0170 e. The highest BCUT2D eigenvalue weighted by Crippen LogP contribution is 2.22. The van der Waals surface area contributed by atoms with Gasteiger partial charge in [-0.05, 0) is 23.0 Å². The average molecular weight is 259 g/mol. The Hall–Kier alpha value is -1.08. The van der Waals surface area contributed by atoms with Crippen LogP contribution in [0.2, 0.25) is 0 Å². The van der Waals surface area contributed by atoms with Gasteiger partial charge in [0, 0.05) is 12.6 Å². The molecule has 0 aliphatic carbocycles. The Morgan fingerprint density at radius 1 is 1.16 bits per heavy atom. The molecule has 106 valence electrons. The molecule has 0 aliphatic heterocycles. The van der Waals surface area contributed by atoms with E-state index in [1.165, 1.54) is 16.7 Å². The van der Waals surface area contributed by atoms with Gasteiger partial charge in [0.15, 0.2) is 0 Å². The van der Waals surface area contributed by atoms with Crippen molar-refractivity contribution in [1.82, 2.24) is 5.32 Å². The van der Waals surface area contributed by atoms with E-state index in [4.69, 9.17) is 0 Å². The standard InChI is InChI=1S/C18H29N/c1-7-15(13-19-14(2)3)12-16-8-10-17(11-9-16)18(4,5)6/h8-12,14,19H,7,13H2,1-6H3. The molecule has 1 nitrogen and oxygen atoms in total. The van der Waals surface area contributed by atoms with Gasteiger partial charge in [-0.25, -0.2) is 0 Å². The fraction of sp³-hybridized carbons (Fsp3) is 0.556. The third-order valence-electron chi connectivity index (χ3n) is 3.34. The number of nitrogens with one attached hydrogen (secondary N) is 1. The Balaban J connectivity index is 2.79. The van der Waals surface area contributed by atoms with Crippen LogP contribution in [-0.4, -0.2) is 12.6 Å². The summed E-state index contributed by atoms with van der Waals surface area (Å²) in [6, 6.07) is 9.49. The Kier molecular flexibility index (Phi) is 5.81. The van der Waals surface area contributed by atoms with Crippen molar-refractivity contribution in [3.8, 4) is 0 Å². The van der Waals surface area contributed by atoms with Crippen LogP contribution < -0.4 is 5.32 Å².